The lowest BCUT2D eigenvalue weighted by Gasteiger charge is -2.20. The van der Waals surface area contributed by atoms with Gasteiger partial charge in [-0.25, -0.2) is 4.79 Å². The Kier molecular flexibility index (Phi) is 6.47. The van der Waals surface area contributed by atoms with Crippen molar-refractivity contribution in [2.45, 2.75) is 38.8 Å². The van der Waals surface area contributed by atoms with E-state index in [1.807, 2.05) is 50.3 Å². The molecule has 0 aliphatic heterocycles. The highest BCUT2D eigenvalue weighted by Gasteiger charge is 2.20. The summed E-state index contributed by atoms with van der Waals surface area (Å²) in [5, 5.41) is 14.8. The van der Waals surface area contributed by atoms with Gasteiger partial charge < -0.3 is 20.5 Å². The Hall–Kier alpha value is -2.01. The summed E-state index contributed by atoms with van der Waals surface area (Å²) in [6, 6.07) is 7.65. The molecule has 2 rings (SSSR count). The summed E-state index contributed by atoms with van der Waals surface area (Å²) in [4.78, 5) is 12.0. The van der Waals surface area contributed by atoms with Crippen LogP contribution in [-0.4, -0.2) is 36.4 Å². The van der Waals surface area contributed by atoms with Gasteiger partial charge in [-0.05, 0) is 31.4 Å². The summed E-state index contributed by atoms with van der Waals surface area (Å²) in [5.41, 5.74) is 1.08. The monoisotopic (exact) mass is 318 g/mol. The molecule has 0 spiro atoms. The number of amides is 2. The van der Waals surface area contributed by atoms with Gasteiger partial charge in [0.1, 0.15) is 11.9 Å². The number of benzene rings is 1. The minimum absolute atomic E-state index is 0.00971. The second kappa shape index (κ2) is 8.58. The summed E-state index contributed by atoms with van der Waals surface area (Å²) in [7, 11) is 0. The van der Waals surface area contributed by atoms with Crippen molar-refractivity contribution < 1.29 is 14.6 Å². The second-order valence-corrected chi connectivity index (χ2v) is 5.94. The lowest BCUT2D eigenvalue weighted by atomic mass is 10.1. The molecule has 0 aromatic heterocycles. The number of carbonyl (C=O) groups excluding carboxylic acids is 1. The van der Waals surface area contributed by atoms with Crippen molar-refractivity contribution in [1.82, 2.24) is 10.6 Å². The topological polar surface area (TPSA) is 70.6 Å². The van der Waals surface area contributed by atoms with Crippen LogP contribution in [0.4, 0.5) is 4.79 Å². The first-order valence-corrected chi connectivity index (χ1v) is 8.18. The number of hydrogen-bond acceptors (Lipinski definition) is 3. The molecule has 1 aliphatic rings. The van der Waals surface area contributed by atoms with Gasteiger partial charge in [0.15, 0.2) is 0 Å². The normalized spacial score (nSPS) is 21.0. The lowest BCUT2D eigenvalue weighted by Crippen LogP contribution is -2.44. The van der Waals surface area contributed by atoms with Crippen molar-refractivity contribution >= 4 is 6.03 Å². The Morgan fingerprint density at radius 3 is 2.83 bits per heavy atom. The Morgan fingerprint density at radius 2 is 2.17 bits per heavy atom. The van der Waals surface area contributed by atoms with Crippen LogP contribution in [0.5, 0.6) is 5.75 Å². The largest absolute Gasteiger partial charge is 0.488 e. The number of aliphatic hydroxyl groups excluding tert-OH is 1. The number of nitrogens with one attached hydrogen (secondary N) is 2. The van der Waals surface area contributed by atoms with Gasteiger partial charge >= 0.3 is 6.03 Å². The molecule has 0 saturated heterocycles. The molecule has 3 atom stereocenters. The van der Waals surface area contributed by atoms with Crippen LogP contribution in [0, 0.1) is 12.8 Å². The second-order valence-electron chi connectivity index (χ2n) is 5.94. The zero-order valence-corrected chi connectivity index (χ0v) is 13.8. The molecule has 5 nitrogen and oxygen atoms in total. The first-order valence-electron chi connectivity index (χ1n) is 8.18. The average Bonchev–Trinajstić information content (AvgIpc) is 3.00. The molecule has 0 saturated carbocycles. The van der Waals surface area contributed by atoms with E-state index in [0.29, 0.717) is 6.54 Å². The zero-order chi connectivity index (χ0) is 16.7. The fourth-order valence-corrected chi connectivity index (χ4v) is 2.58. The smallest absolute Gasteiger partial charge is 0.315 e. The van der Waals surface area contributed by atoms with E-state index in [4.69, 9.17) is 9.84 Å². The van der Waals surface area contributed by atoms with Crippen molar-refractivity contribution in [3.63, 3.8) is 0 Å². The van der Waals surface area contributed by atoms with Crippen LogP contribution in [0.3, 0.4) is 0 Å². The standard InChI is InChI=1S/C18H26N2O3/c1-3-16(23-17-7-5-4-6-13(17)2)11-19-18(22)20-15-9-8-14(10-15)12-21/h4-9,14-16,21H,3,10-12H2,1-2H3,(H2,19,20,22)/t14-,15+,16?/m0/s1. The van der Waals surface area contributed by atoms with E-state index in [-0.39, 0.29) is 30.7 Å². The van der Waals surface area contributed by atoms with Crippen LogP contribution in [0.1, 0.15) is 25.3 Å². The molecule has 1 unspecified atom stereocenters. The number of rotatable bonds is 7. The lowest BCUT2D eigenvalue weighted by molar-refractivity contribution is 0.187. The molecule has 0 fully saturated rings. The van der Waals surface area contributed by atoms with Gasteiger partial charge in [0.25, 0.3) is 0 Å². The van der Waals surface area contributed by atoms with Crippen molar-refractivity contribution in [1.29, 1.82) is 0 Å². The molecular weight excluding hydrogens is 292 g/mol. The Labute approximate surface area is 137 Å². The Balaban J connectivity index is 1.76. The number of para-hydroxylation sites is 1. The number of hydrogen-bond donors (Lipinski definition) is 3. The highest BCUT2D eigenvalue weighted by molar-refractivity contribution is 5.74. The first kappa shape index (κ1) is 17.3. The third-order valence-electron chi connectivity index (χ3n) is 4.06. The van der Waals surface area contributed by atoms with E-state index in [1.54, 1.807) is 0 Å². The van der Waals surface area contributed by atoms with Gasteiger partial charge in [0.05, 0.1) is 6.54 Å². The van der Waals surface area contributed by atoms with Gasteiger partial charge in [0.2, 0.25) is 0 Å². The van der Waals surface area contributed by atoms with E-state index >= 15 is 0 Å². The predicted molar refractivity (Wildman–Crippen MR) is 90.5 cm³/mol. The summed E-state index contributed by atoms with van der Waals surface area (Å²) >= 11 is 0. The molecule has 0 heterocycles. The van der Waals surface area contributed by atoms with E-state index < -0.39 is 0 Å². The number of ether oxygens (including phenoxy) is 1. The number of aryl methyl sites for hydroxylation is 1. The average molecular weight is 318 g/mol. The molecule has 2 amide bonds. The molecule has 0 bridgehead atoms. The van der Waals surface area contributed by atoms with Gasteiger partial charge in [-0.3, -0.25) is 0 Å². The van der Waals surface area contributed by atoms with E-state index in [9.17, 15) is 4.79 Å². The SMILES string of the molecule is CCC(CNC(=O)N[C@@H]1C=C[C@H](CO)C1)Oc1ccccc1C. The Bertz CT molecular complexity index is 545. The van der Waals surface area contributed by atoms with E-state index in [0.717, 1.165) is 24.2 Å². The van der Waals surface area contributed by atoms with Crippen LogP contribution in [0.2, 0.25) is 0 Å². The summed E-state index contributed by atoms with van der Waals surface area (Å²) in [5.74, 6) is 0.999. The minimum Gasteiger partial charge on any atom is -0.488 e. The van der Waals surface area contributed by atoms with Gasteiger partial charge in [0, 0.05) is 18.6 Å². The number of carbonyl (C=O) groups is 1. The fourth-order valence-electron chi connectivity index (χ4n) is 2.58. The minimum atomic E-state index is -0.204. The fraction of sp³-hybridized carbons (Fsp3) is 0.500. The molecule has 3 N–H and O–H groups in total. The highest BCUT2D eigenvalue weighted by atomic mass is 16.5. The van der Waals surface area contributed by atoms with Crippen LogP contribution in [0.25, 0.3) is 0 Å². The maximum absolute atomic E-state index is 12.0. The molecule has 1 aliphatic carbocycles. The molecule has 1 aromatic rings. The molecule has 126 valence electrons. The summed E-state index contributed by atoms with van der Waals surface area (Å²) in [6.45, 7) is 4.62. The van der Waals surface area contributed by atoms with E-state index in [1.165, 1.54) is 0 Å². The van der Waals surface area contributed by atoms with Crippen LogP contribution in [0.15, 0.2) is 36.4 Å². The molecular formula is C18H26N2O3. The molecule has 5 heteroatoms. The maximum Gasteiger partial charge on any atom is 0.315 e. The predicted octanol–water partition coefficient (Wildman–Crippen LogP) is 2.39. The van der Waals surface area contributed by atoms with Crippen molar-refractivity contribution in [3.05, 3.63) is 42.0 Å². The summed E-state index contributed by atoms with van der Waals surface area (Å²) < 4.78 is 5.96. The Morgan fingerprint density at radius 1 is 1.39 bits per heavy atom. The van der Waals surface area contributed by atoms with Gasteiger partial charge in [-0.1, -0.05) is 37.3 Å². The van der Waals surface area contributed by atoms with Crippen molar-refractivity contribution in [3.8, 4) is 5.75 Å². The van der Waals surface area contributed by atoms with E-state index in [2.05, 4.69) is 10.6 Å². The zero-order valence-electron chi connectivity index (χ0n) is 13.8. The number of urea groups is 1. The van der Waals surface area contributed by atoms with Crippen LogP contribution in [-0.2, 0) is 0 Å². The van der Waals surface area contributed by atoms with Gasteiger partial charge in [-0.2, -0.15) is 0 Å². The molecule has 23 heavy (non-hydrogen) atoms. The quantitative estimate of drug-likeness (QED) is 0.676. The highest BCUT2D eigenvalue weighted by Crippen LogP contribution is 2.19. The number of aliphatic hydroxyl groups is 1. The summed E-state index contributed by atoms with van der Waals surface area (Å²) in [6.07, 6.45) is 5.37. The first-order chi connectivity index (χ1) is 11.1. The maximum atomic E-state index is 12.0. The molecule has 0 radical (unpaired) electrons. The molecule has 1 aromatic carbocycles. The van der Waals surface area contributed by atoms with Crippen LogP contribution < -0.4 is 15.4 Å². The third kappa shape index (κ3) is 5.28. The van der Waals surface area contributed by atoms with Crippen molar-refractivity contribution in [2.75, 3.05) is 13.2 Å². The third-order valence-corrected chi connectivity index (χ3v) is 4.06. The van der Waals surface area contributed by atoms with Gasteiger partial charge in [-0.15, -0.1) is 0 Å². The van der Waals surface area contributed by atoms with Crippen molar-refractivity contribution in [2.24, 2.45) is 5.92 Å². The van der Waals surface area contributed by atoms with Crippen LogP contribution >= 0.6 is 0 Å².